The number of guanidine groups is 1. The quantitative estimate of drug-likeness (QED) is 0.400. The molecule has 2 rings (SSSR count). The first-order valence-corrected chi connectivity index (χ1v) is 8.47. The first kappa shape index (κ1) is 21.5. The van der Waals surface area contributed by atoms with Crippen LogP contribution in [0.4, 0.5) is 0 Å². The predicted octanol–water partition coefficient (Wildman–Crippen LogP) is 3.24. The van der Waals surface area contributed by atoms with Crippen LogP contribution in [-0.2, 0) is 25.4 Å². The molecule has 5 nitrogen and oxygen atoms in total. The molecule has 2 aromatic rings. The SMILES string of the molecule is CCc1ccc(C(C)(C)CNC(=NC)NCc2ccnn2C)cc1.I. The van der Waals surface area contributed by atoms with Crippen LogP contribution < -0.4 is 10.6 Å². The maximum atomic E-state index is 4.31. The van der Waals surface area contributed by atoms with Gasteiger partial charge in [-0.1, -0.05) is 45.0 Å². The molecule has 1 aromatic heterocycles. The van der Waals surface area contributed by atoms with Gasteiger partial charge in [-0.05, 0) is 23.6 Å². The molecular formula is C19H30IN5. The van der Waals surface area contributed by atoms with Gasteiger partial charge in [0.25, 0.3) is 0 Å². The summed E-state index contributed by atoms with van der Waals surface area (Å²) in [6, 6.07) is 10.9. The number of halogens is 1. The highest BCUT2D eigenvalue weighted by atomic mass is 127. The van der Waals surface area contributed by atoms with Crippen LogP contribution in [0.3, 0.4) is 0 Å². The highest BCUT2D eigenvalue weighted by Crippen LogP contribution is 2.22. The van der Waals surface area contributed by atoms with E-state index in [0.29, 0.717) is 6.54 Å². The van der Waals surface area contributed by atoms with Crippen molar-refractivity contribution in [3.63, 3.8) is 0 Å². The Balaban J connectivity index is 0.00000312. The van der Waals surface area contributed by atoms with Gasteiger partial charge in [-0.15, -0.1) is 24.0 Å². The molecule has 0 unspecified atom stereocenters. The summed E-state index contributed by atoms with van der Waals surface area (Å²) < 4.78 is 1.86. The lowest BCUT2D eigenvalue weighted by Gasteiger charge is -2.27. The zero-order valence-electron chi connectivity index (χ0n) is 15.8. The molecule has 0 saturated heterocycles. The normalized spacial score (nSPS) is 11.8. The minimum atomic E-state index is 0. The van der Waals surface area contributed by atoms with Gasteiger partial charge in [-0.25, -0.2) is 0 Å². The third kappa shape index (κ3) is 6.02. The number of nitrogens with one attached hydrogen (secondary N) is 2. The van der Waals surface area contributed by atoms with Crippen LogP contribution >= 0.6 is 24.0 Å². The molecule has 0 aliphatic rings. The molecule has 25 heavy (non-hydrogen) atoms. The van der Waals surface area contributed by atoms with Gasteiger partial charge in [-0.2, -0.15) is 5.10 Å². The van der Waals surface area contributed by atoms with Gasteiger partial charge in [0.05, 0.1) is 12.2 Å². The van der Waals surface area contributed by atoms with E-state index in [2.05, 4.69) is 65.8 Å². The van der Waals surface area contributed by atoms with E-state index < -0.39 is 0 Å². The molecule has 0 amide bonds. The Hall–Kier alpha value is -1.57. The second-order valence-corrected chi connectivity index (χ2v) is 6.66. The average molecular weight is 455 g/mol. The highest BCUT2D eigenvalue weighted by Gasteiger charge is 2.20. The summed E-state index contributed by atoms with van der Waals surface area (Å²) in [5.74, 6) is 0.800. The van der Waals surface area contributed by atoms with E-state index in [0.717, 1.165) is 24.6 Å². The molecule has 0 fully saturated rings. The molecular weight excluding hydrogens is 425 g/mol. The summed E-state index contributed by atoms with van der Waals surface area (Å²) in [6.45, 7) is 8.18. The Bertz CT molecular complexity index is 673. The largest absolute Gasteiger partial charge is 0.356 e. The van der Waals surface area contributed by atoms with Gasteiger partial charge in [0.1, 0.15) is 0 Å². The maximum Gasteiger partial charge on any atom is 0.191 e. The minimum absolute atomic E-state index is 0. The second-order valence-electron chi connectivity index (χ2n) is 6.66. The monoisotopic (exact) mass is 455 g/mol. The van der Waals surface area contributed by atoms with E-state index in [-0.39, 0.29) is 29.4 Å². The molecule has 0 aliphatic heterocycles. The Morgan fingerprint density at radius 1 is 1.16 bits per heavy atom. The van der Waals surface area contributed by atoms with Crippen LogP contribution in [0, 0.1) is 0 Å². The standard InChI is InChI=1S/C19H29N5.HI/c1-6-15-7-9-16(10-8-15)19(2,3)14-22-18(20-4)21-13-17-11-12-23-24(17)5;/h7-12H,6,13-14H2,1-5H3,(H2,20,21,22);1H. The fourth-order valence-electron chi connectivity index (χ4n) is 2.57. The van der Waals surface area contributed by atoms with Crippen molar-refractivity contribution in [1.82, 2.24) is 20.4 Å². The Morgan fingerprint density at radius 2 is 1.84 bits per heavy atom. The van der Waals surface area contributed by atoms with Crippen LogP contribution in [0.15, 0.2) is 41.5 Å². The molecule has 0 aliphatic carbocycles. The molecule has 138 valence electrons. The van der Waals surface area contributed by atoms with Crippen molar-refractivity contribution in [2.45, 2.75) is 39.2 Å². The number of hydrogen-bond acceptors (Lipinski definition) is 2. The van der Waals surface area contributed by atoms with Crippen LogP contribution in [0.25, 0.3) is 0 Å². The lowest BCUT2D eigenvalue weighted by atomic mass is 9.84. The summed E-state index contributed by atoms with van der Waals surface area (Å²) in [7, 11) is 3.73. The zero-order valence-corrected chi connectivity index (χ0v) is 18.2. The first-order valence-electron chi connectivity index (χ1n) is 8.47. The van der Waals surface area contributed by atoms with Crippen molar-refractivity contribution in [3.8, 4) is 0 Å². The number of aliphatic imine (C=N–C) groups is 1. The molecule has 0 saturated carbocycles. The summed E-state index contributed by atoms with van der Waals surface area (Å²) in [5, 5.41) is 10.9. The smallest absolute Gasteiger partial charge is 0.191 e. The second kappa shape index (κ2) is 9.79. The van der Waals surface area contributed by atoms with Gasteiger partial charge in [0.2, 0.25) is 0 Å². The fourth-order valence-corrected chi connectivity index (χ4v) is 2.57. The third-order valence-corrected chi connectivity index (χ3v) is 4.42. The average Bonchev–Trinajstić information content (AvgIpc) is 3.00. The van der Waals surface area contributed by atoms with Crippen molar-refractivity contribution >= 4 is 29.9 Å². The van der Waals surface area contributed by atoms with Crippen LogP contribution in [0.2, 0.25) is 0 Å². The molecule has 1 aromatic carbocycles. The van der Waals surface area contributed by atoms with Crippen molar-refractivity contribution in [1.29, 1.82) is 0 Å². The number of rotatable bonds is 6. The summed E-state index contributed by atoms with van der Waals surface area (Å²) in [4.78, 5) is 4.31. The van der Waals surface area contributed by atoms with E-state index in [1.54, 1.807) is 13.2 Å². The van der Waals surface area contributed by atoms with Crippen LogP contribution in [0.1, 0.15) is 37.6 Å². The molecule has 0 atom stereocenters. The Morgan fingerprint density at radius 3 is 2.36 bits per heavy atom. The van der Waals surface area contributed by atoms with E-state index >= 15 is 0 Å². The molecule has 2 N–H and O–H groups in total. The maximum absolute atomic E-state index is 4.31. The first-order chi connectivity index (χ1) is 11.5. The fraction of sp³-hybridized carbons (Fsp3) is 0.474. The van der Waals surface area contributed by atoms with Crippen molar-refractivity contribution in [2.75, 3.05) is 13.6 Å². The Kier molecular flexibility index (Phi) is 8.41. The van der Waals surface area contributed by atoms with E-state index in [1.165, 1.54) is 11.1 Å². The van der Waals surface area contributed by atoms with Crippen LogP contribution in [-0.4, -0.2) is 29.3 Å². The van der Waals surface area contributed by atoms with Crippen molar-refractivity contribution < 1.29 is 0 Å². The van der Waals surface area contributed by atoms with Crippen molar-refractivity contribution in [3.05, 3.63) is 53.3 Å². The molecule has 0 radical (unpaired) electrons. The minimum Gasteiger partial charge on any atom is -0.356 e. The van der Waals surface area contributed by atoms with Gasteiger partial charge >= 0.3 is 0 Å². The predicted molar refractivity (Wildman–Crippen MR) is 116 cm³/mol. The van der Waals surface area contributed by atoms with Gasteiger partial charge < -0.3 is 10.6 Å². The zero-order chi connectivity index (χ0) is 17.6. The molecule has 6 heteroatoms. The molecule has 1 heterocycles. The number of benzene rings is 1. The van der Waals surface area contributed by atoms with E-state index in [1.807, 2.05) is 17.8 Å². The third-order valence-electron chi connectivity index (χ3n) is 4.42. The number of aryl methyl sites for hydroxylation is 2. The summed E-state index contributed by atoms with van der Waals surface area (Å²) >= 11 is 0. The number of nitrogens with zero attached hydrogens (tertiary/aromatic N) is 3. The lowest BCUT2D eigenvalue weighted by molar-refractivity contribution is 0.508. The number of aromatic nitrogens is 2. The van der Waals surface area contributed by atoms with Gasteiger partial charge in [0, 0.05) is 32.3 Å². The van der Waals surface area contributed by atoms with E-state index in [9.17, 15) is 0 Å². The topological polar surface area (TPSA) is 54.2 Å². The Labute approximate surface area is 168 Å². The van der Waals surface area contributed by atoms with Crippen molar-refractivity contribution in [2.24, 2.45) is 12.0 Å². The summed E-state index contributed by atoms with van der Waals surface area (Å²) in [5.41, 5.74) is 3.84. The van der Waals surface area contributed by atoms with Gasteiger partial charge in [-0.3, -0.25) is 9.67 Å². The summed E-state index contributed by atoms with van der Waals surface area (Å²) in [6.07, 6.45) is 2.87. The van der Waals surface area contributed by atoms with Crippen LogP contribution in [0.5, 0.6) is 0 Å². The molecule has 0 bridgehead atoms. The highest BCUT2D eigenvalue weighted by molar-refractivity contribution is 14.0. The number of hydrogen-bond donors (Lipinski definition) is 2. The van der Waals surface area contributed by atoms with Gasteiger partial charge in [0.15, 0.2) is 5.96 Å². The van der Waals surface area contributed by atoms with E-state index in [4.69, 9.17) is 0 Å². The lowest BCUT2D eigenvalue weighted by Crippen LogP contribution is -2.43. The molecule has 0 spiro atoms.